The zero-order valence-electron chi connectivity index (χ0n) is 12.7. The first-order valence-electron chi connectivity index (χ1n) is 7.62. The summed E-state index contributed by atoms with van der Waals surface area (Å²) in [6.45, 7) is 14.2. The van der Waals surface area contributed by atoms with E-state index in [2.05, 4.69) is 39.9 Å². The number of hydrogen-bond acceptors (Lipinski definition) is 1. The van der Waals surface area contributed by atoms with Crippen LogP contribution >= 0.6 is 0 Å². The Balaban J connectivity index is 2.35. The molecule has 0 aliphatic heterocycles. The van der Waals surface area contributed by atoms with E-state index in [9.17, 15) is 0 Å². The molecule has 0 bridgehead atoms. The molecule has 1 aliphatic carbocycles. The van der Waals surface area contributed by atoms with Gasteiger partial charge in [-0.2, -0.15) is 0 Å². The van der Waals surface area contributed by atoms with Gasteiger partial charge in [-0.05, 0) is 49.0 Å². The molecule has 1 fully saturated rings. The van der Waals surface area contributed by atoms with Crippen molar-refractivity contribution in [1.29, 1.82) is 0 Å². The quantitative estimate of drug-likeness (QED) is 0.721. The van der Waals surface area contributed by atoms with E-state index in [-0.39, 0.29) is 0 Å². The van der Waals surface area contributed by atoms with E-state index in [0.29, 0.717) is 5.41 Å². The molecule has 0 amide bonds. The normalized spacial score (nSPS) is 30.2. The van der Waals surface area contributed by atoms with Gasteiger partial charge in [0.05, 0.1) is 0 Å². The van der Waals surface area contributed by atoms with Gasteiger partial charge >= 0.3 is 0 Å². The van der Waals surface area contributed by atoms with Crippen LogP contribution in [0.5, 0.6) is 0 Å². The van der Waals surface area contributed by atoms with Crippen molar-refractivity contribution in [2.75, 3.05) is 13.1 Å². The average molecular weight is 239 g/mol. The molecule has 1 nitrogen and oxygen atoms in total. The summed E-state index contributed by atoms with van der Waals surface area (Å²) in [6.07, 6.45) is 7.21. The summed E-state index contributed by atoms with van der Waals surface area (Å²) in [7, 11) is 0. The molecule has 0 aromatic heterocycles. The molecule has 0 saturated heterocycles. The number of nitrogens with one attached hydrogen (secondary N) is 1. The molecular weight excluding hydrogens is 206 g/mol. The van der Waals surface area contributed by atoms with E-state index in [0.717, 1.165) is 17.8 Å². The van der Waals surface area contributed by atoms with Crippen LogP contribution in [0.4, 0.5) is 0 Å². The summed E-state index contributed by atoms with van der Waals surface area (Å²) >= 11 is 0. The lowest BCUT2D eigenvalue weighted by molar-refractivity contribution is 0.139. The molecule has 0 heterocycles. The first-order valence-corrected chi connectivity index (χ1v) is 7.62. The van der Waals surface area contributed by atoms with Crippen LogP contribution in [0.15, 0.2) is 0 Å². The predicted molar refractivity (Wildman–Crippen MR) is 77.2 cm³/mol. The molecule has 1 heteroatoms. The fraction of sp³-hybridized carbons (Fsp3) is 1.00. The highest BCUT2D eigenvalue weighted by atomic mass is 14.9. The second-order valence-corrected chi connectivity index (χ2v) is 7.43. The second kappa shape index (κ2) is 6.78. The van der Waals surface area contributed by atoms with E-state index in [1.807, 2.05) is 0 Å². The third kappa shape index (κ3) is 5.90. The minimum Gasteiger partial charge on any atom is -0.316 e. The first kappa shape index (κ1) is 15.0. The van der Waals surface area contributed by atoms with E-state index in [1.54, 1.807) is 0 Å². The minimum absolute atomic E-state index is 0.562. The van der Waals surface area contributed by atoms with Crippen LogP contribution in [0, 0.1) is 23.2 Å². The van der Waals surface area contributed by atoms with E-state index in [4.69, 9.17) is 0 Å². The molecule has 0 radical (unpaired) electrons. The van der Waals surface area contributed by atoms with Crippen LogP contribution in [0.25, 0.3) is 0 Å². The molecule has 0 aromatic carbocycles. The molecule has 1 aliphatic rings. The van der Waals surface area contributed by atoms with Crippen molar-refractivity contribution < 1.29 is 0 Å². The van der Waals surface area contributed by atoms with Crippen LogP contribution < -0.4 is 5.32 Å². The van der Waals surface area contributed by atoms with Crippen LogP contribution in [0.1, 0.15) is 66.7 Å². The fourth-order valence-electron chi connectivity index (χ4n) is 3.41. The number of rotatable bonds is 6. The topological polar surface area (TPSA) is 12.0 Å². The average Bonchev–Trinajstić information content (AvgIpc) is 2.15. The largest absolute Gasteiger partial charge is 0.316 e. The zero-order valence-corrected chi connectivity index (χ0v) is 12.7. The maximum Gasteiger partial charge on any atom is 0.000537 e. The Bertz CT molecular complexity index is 210. The SMILES string of the molecule is CC(C)CNCC1(C)CCCC(CC(C)C)C1. The van der Waals surface area contributed by atoms with Gasteiger partial charge in [-0.15, -0.1) is 0 Å². The van der Waals surface area contributed by atoms with Gasteiger partial charge in [-0.1, -0.05) is 47.5 Å². The van der Waals surface area contributed by atoms with Crippen molar-refractivity contribution >= 4 is 0 Å². The van der Waals surface area contributed by atoms with Crippen LogP contribution in [-0.4, -0.2) is 13.1 Å². The molecule has 17 heavy (non-hydrogen) atoms. The fourth-order valence-corrected chi connectivity index (χ4v) is 3.41. The van der Waals surface area contributed by atoms with Crippen molar-refractivity contribution in [3.05, 3.63) is 0 Å². The van der Waals surface area contributed by atoms with Gasteiger partial charge in [0, 0.05) is 6.54 Å². The maximum atomic E-state index is 3.67. The highest BCUT2D eigenvalue weighted by molar-refractivity contribution is 4.85. The Morgan fingerprint density at radius 2 is 1.88 bits per heavy atom. The molecule has 0 aromatic rings. The summed E-state index contributed by atoms with van der Waals surface area (Å²) in [4.78, 5) is 0. The van der Waals surface area contributed by atoms with Crippen LogP contribution in [0.3, 0.4) is 0 Å². The zero-order chi connectivity index (χ0) is 12.9. The van der Waals surface area contributed by atoms with Crippen molar-refractivity contribution in [2.45, 2.75) is 66.7 Å². The van der Waals surface area contributed by atoms with Gasteiger partial charge in [0.25, 0.3) is 0 Å². The Morgan fingerprint density at radius 3 is 2.47 bits per heavy atom. The summed E-state index contributed by atoms with van der Waals surface area (Å²) in [5, 5.41) is 3.67. The summed E-state index contributed by atoms with van der Waals surface area (Å²) in [5.41, 5.74) is 0.562. The highest BCUT2D eigenvalue weighted by Crippen LogP contribution is 2.40. The van der Waals surface area contributed by atoms with Crippen LogP contribution in [-0.2, 0) is 0 Å². The Hall–Kier alpha value is -0.0400. The molecule has 1 N–H and O–H groups in total. The smallest absolute Gasteiger partial charge is 0.000537 e. The molecular formula is C16H33N. The summed E-state index contributed by atoms with van der Waals surface area (Å²) in [5.74, 6) is 2.62. The predicted octanol–water partition coefficient (Wildman–Crippen LogP) is 4.47. The van der Waals surface area contributed by atoms with E-state index < -0.39 is 0 Å². The first-order chi connectivity index (χ1) is 7.91. The van der Waals surface area contributed by atoms with Crippen molar-refractivity contribution in [3.63, 3.8) is 0 Å². The number of hydrogen-bond donors (Lipinski definition) is 1. The van der Waals surface area contributed by atoms with Gasteiger partial charge in [-0.3, -0.25) is 0 Å². The lowest BCUT2D eigenvalue weighted by Gasteiger charge is -2.39. The molecule has 2 atom stereocenters. The Morgan fingerprint density at radius 1 is 1.18 bits per heavy atom. The molecule has 1 rings (SSSR count). The third-order valence-electron chi connectivity index (χ3n) is 4.08. The lowest BCUT2D eigenvalue weighted by Crippen LogP contribution is -2.37. The monoisotopic (exact) mass is 239 g/mol. The Kier molecular flexibility index (Phi) is 5.99. The molecule has 2 unspecified atom stereocenters. The molecule has 0 spiro atoms. The second-order valence-electron chi connectivity index (χ2n) is 7.43. The standard InChI is InChI=1S/C16H33N/c1-13(2)9-15-7-6-8-16(5,10-15)12-17-11-14(3)4/h13-15,17H,6-12H2,1-5H3. The highest BCUT2D eigenvalue weighted by Gasteiger charge is 2.31. The summed E-state index contributed by atoms with van der Waals surface area (Å²) in [6, 6.07) is 0. The lowest BCUT2D eigenvalue weighted by atomic mass is 9.69. The van der Waals surface area contributed by atoms with E-state index >= 15 is 0 Å². The molecule has 1 saturated carbocycles. The maximum absolute atomic E-state index is 3.67. The van der Waals surface area contributed by atoms with Crippen LogP contribution in [0.2, 0.25) is 0 Å². The Labute approximate surface area is 109 Å². The van der Waals surface area contributed by atoms with Gasteiger partial charge < -0.3 is 5.32 Å². The molecule has 102 valence electrons. The summed E-state index contributed by atoms with van der Waals surface area (Å²) < 4.78 is 0. The minimum atomic E-state index is 0.562. The third-order valence-corrected chi connectivity index (χ3v) is 4.08. The van der Waals surface area contributed by atoms with Crippen molar-refractivity contribution in [3.8, 4) is 0 Å². The van der Waals surface area contributed by atoms with E-state index in [1.165, 1.54) is 45.2 Å². The van der Waals surface area contributed by atoms with Crippen molar-refractivity contribution in [2.24, 2.45) is 23.2 Å². The van der Waals surface area contributed by atoms with Gasteiger partial charge in [0.1, 0.15) is 0 Å². The van der Waals surface area contributed by atoms with Crippen molar-refractivity contribution in [1.82, 2.24) is 5.32 Å². The van der Waals surface area contributed by atoms with Gasteiger partial charge in [0.2, 0.25) is 0 Å². The van der Waals surface area contributed by atoms with Gasteiger partial charge in [-0.25, -0.2) is 0 Å². The van der Waals surface area contributed by atoms with Gasteiger partial charge in [0.15, 0.2) is 0 Å².